The third kappa shape index (κ3) is 1.98. The quantitative estimate of drug-likeness (QED) is 0.731. The molecule has 0 bridgehead atoms. The lowest BCUT2D eigenvalue weighted by atomic mass is 10.1. The molecular formula is C16H14N2O3. The maximum atomic E-state index is 12.0. The van der Waals surface area contributed by atoms with E-state index in [1.54, 1.807) is 22.8 Å². The molecule has 0 fully saturated rings. The normalized spacial score (nSPS) is 16.9. The standard InChI is InChI=1S/C16H14N2O3/c17-11-5-6-13-15(8-11)21-16(19)18(13)9-12-7-10-3-1-2-4-14(10)20-12/h1-6,8,12H,7,9,17H2. The van der Waals surface area contributed by atoms with Gasteiger partial charge in [-0.1, -0.05) is 18.2 Å². The number of benzene rings is 2. The van der Waals surface area contributed by atoms with Gasteiger partial charge in [0, 0.05) is 18.2 Å². The number of fused-ring (bicyclic) bond motifs is 2. The van der Waals surface area contributed by atoms with Crippen molar-refractivity contribution in [1.82, 2.24) is 4.57 Å². The molecule has 1 aliphatic heterocycles. The second-order valence-electron chi connectivity index (χ2n) is 5.26. The molecule has 2 heterocycles. The largest absolute Gasteiger partial charge is 0.488 e. The molecule has 0 radical (unpaired) electrons. The number of nitrogens with two attached hydrogens (primary N) is 1. The van der Waals surface area contributed by atoms with Crippen LogP contribution in [-0.4, -0.2) is 10.7 Å². The highest BCUT2D eigenvalue weighted by Gasteiger charge is 2.24. The van der Waals surface area contributed by atoms with Gasteiger partial charge < -0.3 is 14.9 Å². The molecule has 1 atom stereocenters. The lowest BCUT2D eigenvalue weighted by molar-refractivity contribution is 0.207. The Labute approximate surface area is 120 Å². The highest BCUT2D eigenvalue weighted by molar-refractivity contribution is 5.76. The molecule has 106 valence electrons. The van der Waals surface area contributed by atoms with Crippen molar-refractivity contribution in [3.05, 3.63) is 58.6 Å². The van der Waals surface area contributed by atoms with E-state index in [2.05, 4.69) is 0 Å². The summed E-state index contributed by atoms with van der Waals surface area (Å²) in [7, 11) is 0. The minimum atomic E-state index is -0.379. The molecule has 1 unspecified atom stereocenters. The van der Waals surface area contributed by atoms with Gasteiger partial charge in [-0.15, -0.1) is 0 Å². The molecule has 5 heteroatoms. The average Bonchev–Trinajstić information content (AvgIpc) is 3.00. The number of anilines is 1. The van der Waals surface area contributed by atoms with Gasteiger partial charge in [0.05, 0.1) is 12.1 Å². The third-order valence-electron chi connectivity index (χ3n) is 3.79. The number of para-hydroxylation sites is 1. The van der Waals surface area contributed by atoms with E-state index in [0.717, 1.165) is 17.7 Å². The smallest absolute Gasteiger partial charge is 0.420 e. The van der Waals surface area contributed by atoms with Crippen molar-refractivity contribution in [3.63, 3.8) is 0 Å². The van der Waals surface area contributed by atoms with E-state index in [9.17, 15) is 4.79 Å². The zero-order chi connectivity index (χ0) is 14.4. The van der Waals surface area contributed by atoms with Crippen LogP contribution in [0.4, 0.5) is 5.69 Å². The van der Waals surface area contributed by atoms with Crippen LogP contribution in [0, 0.1) is 0 Å². The summed E-state index contributed by atoms with van der Waals surface area (Å²) in [6.45, 7) is 0.463. The van der Waals surface area contributed by atoms with Gasteiger partial charge in [0.15, 0.2) is 5.58 Å². The van der Waals surface area contributed by atoms with Crippen molar-refractivity contribution in [2.75, 3.05) is 5.73 Å². The van der Waals surface area contributed by atoms with Gasteiger partial charge >= 0.3 is 5.76 Å². The predicted octanol–water partition coefficient (Wildman–Crippen LogP) is 2.18. The summed E-state index contributed by atoms with van der Waals surface area (Å²) < 4.78 is 12.7. The average molecular weight is 282 g/mol. The van der Waals surface area contributed by atoms with Crippen molar-refractivity contribution in [3.8, 4) is 5.75 Å². The molecule has 0 saturated carbocycles. The van der Waals surface area contributed by atoms with Gasteiger partial charge in [0.2, 0.25) is 0 Å². The number of rotatable bonds is 2. The summed E-state index contributed by atoms with van der Waals surface area (Å²) in [5.74, 6) is 0.516. The summed E-state index contributed by atoms with van der Waals surface area (Å²) in [4.78, 5) is 12.0. The maximum absolute atomic E-state index is 12.0. The van der Waals surface area contributed by atoms with Crippen molar-refractivity contribution in [2.24, 2.45) is 0 Å². The minimum Gasteiger partial charge on any atom is -0.488 e. The van der Waals surface area contributed by atoms with Crippen LogP contribution >= 0.6 is 0 Å². The first-order valence-corrected chi connectivity index (χ1v) is 6.84. The molecule has 21 heavy (non-hydrogen) atoms. The molecule has 0 spiro atoms. The Balaban J connectivity index is 1.67. The molecule has 2 N–H and O–H groups in total. The topological polar surface area (TPSA) is 70.4 Å². The molecule has 3 aromatic rings. The van der Waals surface area contributed by atoms with Crippen LogP contribution in [0.5, 0.6) is 5.75 Å². The first-order valence-electron chi connectivity index (χ1n) is 6.84. The third-order valence-corrected chi connectivity index (χ3v) is 3.79. The molecule has 2 aromatic carbocycles. The van der Waals surface area contributed by atoms with Crippen LogP contribution < -0.4 is 16.2 Å². The Morgan fingerprint density at radius 3 is 2.95 bits per heavy atom. The van der Waals surface area contributed by atoms with Crippen LogP contribution in [0.15, 0.2) is 51.7 Å². The van der Waals surface area contributed by atoms with Gasteiger partial charge in [0.25, 0.3) is 0 Å². The lowest BCUT2D eigenvalue weighted by Crippen LogP contribution is -2.26. The molecule has 1 aromatic heterocycles. The van der Waals surface area contributed by atoms with Gasteiger partial charge in [-0.25, -0.2) is 4.79 Å². The Morgan fingerprint density at radius 2 is 2.10 bits per heavy atom. The minimum absolute atomic E-state index is 0.0570. The van der Waals surface area contributed by atoms with Crippen LogP contribution in [0.1, 0.15) is 5.56 Å². The van der Waals surface area contributed by atoms with E-state index in [1.165, 1.54) is 5.56 Å². The number of nitrogens with zero attached hydrogens (tertiary/aromatic N) is 1. The van der Waals surface area contributed by atoms with Crippen LogP contribution in [-0.2, 0) is 13.0 Å². The molecule has 0 aliphatic carbocycles. The van der Waals surface area contributed by atoms with E-state index in [1.807, 2.05) is 24.3 Å². The van der Waals surface area contributed by atoms with Crippen molar-refractivity contribution >= 4 is 16.8 Å². The number of aromatic nitrogens is 1. The Hall–Kier alpha value is -2.69. The van der Waals surface area contributed by atoms with E-state index >= 15 is 0 Å². The summed E-state index contributed by atoms with van der Waals surface area (Å²) >= 11 is 0. The fraction of sp³-hybridized carbons (Fsp3) is 0.188. The van der Waals surface area contributed by atoms with Crippen molar-refractivity contribution < 1.29 is 9.15 Å². The number of oxazole rings is 1. The second kappa shape index (κ2) is 4.41. The lowest BCUT2D eigenvalue weighted by Gasteiger charge is -2.10. The van der Waals surface area contributed by atoms with Gasteiger partial charge in [-0.3, -0.25) is 4.57 Å². The Morgan fingerprint density at radius 1 is 1.24 bits per heavy atom. The van der Waals surface area contributed by atoms with E-state index in [-0.39, 0.29) is 11.9 Å². The van der Waals surface area contributed by atoms with Crippen molar-refractivity contribution in [1.29, 1.82) is 0 Å². The van der Waals surface area contributed by atoms with Crippen LogP contribution in [0.3, 0.4) is 0 Å². The Bertz CT molecular complexity index is 854. The SMILES string of the molecule is Nc1ccc2c(c1)oc(=O)n2CC1Cc2ccccc2O1. The molecule has 0 saturated heterocycles. The van der Waals surface area contributed by atoms with Crippen molar-refractivity contribution in [2.45, 2.75) is 19.1 Å². The molecule has 1 aliphatic rings. The van der Waals surface area contributed by atoms with Gasteiger partial charge in [0.1, 0.15) is 11.9 Å². The molecule has 4 rings (SSSR count). The molecular weight excluding hydrogens is 268 g/mol. The van der Waals surface area contributed by atoms with Crippen LogP contribution in [0.25, 0.3) is 11.1 Å². The van der Waals surface area contributed by atoms with E-state index in [0.29, 0.717) is 17.8 Å². The summed E-state index contributed by atoms with van der Waals surface area (Å²) in [6, 6.07) is 13.2. The number of hydrogen-bond acceptors (Lipinski definition) is 4. The van der Waals surface area contributed by atoms with Gasteiger partial charge in [-0.05, 0) is 23.8 Å². The zero-order valence-electron chi connectivity index (χ0n) is 11.3. The monoisotopic (exact) mass is 282 g/mol. The summed E-state index contributed by atoms with van der Waals surface area (Å²) in [5.41, 5.74) is 8.71. The van der Waals surface area contributed by atoms with E-state index < -0.39 is 0 Å². The number of nitrogen functional groups attached to an aromatic ring is 1. The number of ether oxygens (including phenoxy) is 1. The Kier molecular flexibility index (Phi) is 2.54. The summed E-state index contributed by atoms with van der Waals surface area (Å²) in [5, 5.41) is 0. The number of hydrogen-bond donors (Lipinski definition) is 1. The highest BCUT2D eigenvalue weighted by Crippen LogP contribution is 2.29. The van der Waals surface area contributed by atoms with E-state index in [4.69, 9.17) is 14.9 Å². The fourth-order valence-corrected chi connectivity index (χ4v) is 2.82. The molecule has 0 amide bonds. The second-order valence-corrected chi connectivity index (χ2v) is 5.26. The summed E-state index contributed by atoms with van der Waals surface area (Å²) in [6.07, 6.45) is 0.739. The predicted molar refractivity (Wildman–Crippen MR) is 79.4 cm³/mol. The fourth-order valence-electron chi connectivity index (χ4n) is 2.82. The first kappa shape index (κ1) is 12.1. The highest BCUT2D eigenvalue weighted by atomic mass is 16.5. The zero-order valence-corrected chi connectivity index (χ0v) is 11.3. The first-order chi connectivity index (χ1) is 10.2. The maximum Gasteiger partial charge on any atom is 0.420 e. The van der Waals surface area contributed by atoms with Gasteiger partial charge in [-0.2, -0.15) is 0 Å². The molecule has 5 nitrogen and oxygen atoms in total. The van der Waals surface area contributed by atoms with Crippen LogP contribution in [0.2, 0.25) is 0 Å².